The number of likely N-dealkylation sites (N-methyl/N-ethyl adjacent to an activating group) is 1. The molecule has 2 aromatic carbocycles. The summed E-state index contributed by atoms with van der Waals surface area (Å²) in [5, 5.41) is 6.19. The number of carbonyl (C=O) groups is 2. The molecule has 5 nitrogen and oxygen atoms in total. The van der Waals surface area contributed by atoms with E-state index in [9.17, 15) is 9.59 Å². The highest BCUT2D eigenvalue weighted by Gasteiger charge is 2.42. The Kier molecular flexibility index (Phi) is 4.72. The van der Waals surface area contributed by atoms with E-state index in [1.54, 1.807) is 4.90 Å². The van der Waals surface area contributed by atoms with Gasteiger partial charge >= 0.3 is 0 Å². The lowest BCUT2D eigenvalue weighted by Gasteiger charge is -2.19. The first-order valence-corrected chi connectivity index (χ1v) is 8.92. The summed E-state index contributed by atoms with van der Waals surface area (Å²) in [6, 6.07) is 12.0. The minimum absolute atomic E-state index is 0.102. The molecule has 2 aromatic rings. The van der Waals surface area contributed by atoms with Gasteiger partial charge in [0.05, 0.1) is 16.8 Å². The Morgan fingerprint density at radius 2 is 1.96 bits per heavy atom. The predicted octanol–water partition coefficient (Wildman–Crippen LogP) is 4.00. The van der Waals surface area contributed by atoms with Crippen molar-refractivity contribution in [1.29, 1.82) is 0 Å². The third-order valence-corrected chi connectivity index (χ3v) is 5.01. The molecule has 0 spiro atoms. The van der Waals surface area contributed by atoms with Crippen molar-refractivity contribution in [1.82, 2.24) is 0 Å². The fourth-order valence-corrected chi connectivity index (χ4v) is 3.56. The molecule has 2 N–H and O–H groups in total. The van der Waals surface area contributed by atoms with Crippen LogP contribution >= 0.6 is 0 Å². The summed E-state index contributed by atoms with van der Waals surface area (Å²) in [5.74, 6) is 0.102. The van der Waals surface area contributed by atoms with Gasteiger partial charge in [0.15, 0.2) is 0 Å². The first kappa shape index (κ1) is 18.0. The van der Waals surface area contributed by atoms with Gasteiger partial charge in [0.25, 0.3) is 0 Å². The third kappa shape index (κ3) is 2.83. The molecule has 0 aromatic heterocycles. The maximum atomic E-state index is 12.5. The zero-order valence-corrected chi connectivity index (χ0v) is 15.7. The summed E-state index contributed by atoms with van der Waals surface area (Å²) in [4.78, 5) is 25.2. The number of fused-ring (bicyclic) bond motifs is 1. The van der Waals surface area contributed by atoms with Gasteiger partial charge in [-0.15, -0.1) is 0 Å². The lowest BCUT2D eigenvalue weighted by atomic mass is 9.84. The molecule has 2 amide bonds. The van der Waals surface area contributed by atoms with Gasteiger partial charge in [-0.2, -0.15) is 0 Å². The molecule has 0 saturated heterocycles. The molecule has 0 aliphatic carbocycles. The average molecular weight is 351 g/mol. The van der Waals surface area contributed by atoms with E-state index >= 15 is 0 Å². The van der Waals surface area contributed by atoms with Crippen LogP contribution in [0, 0.1) is 0 Å². The second-order valence-electron chi connectivity index (χ2n) is 7.14. The molecular formula is C21H25N3O2. The summed E-state index contributed by atoms with van der Waals surface area (Å²) in [6.07, 6.45) is 1.67. The molecule has 0 atom stereocenters. The van der Waals surface area contributed by atoms with E-state index in [4.69, 9.17) is 0 Å². The van der Waals surface area contributed by atoms with Crippen molar-refractivity contribution < 1.29 is 9.59 Å². The summed E-state index contributed by atoms with van der Waals surface area (Å²) in [5.41, 5.74) is 5.11. The second-order valence-corrected chi connectivity index (χ2v) is 7.14. The molecule has 0 fully saturated rings. The van der Waals surface area contributed by atoms with Crippen molar-refractivity contribution in [2.75, 3.05) is 29.1 Å². The van der Waals surface area contributed by atoms with Gasteiger partial charge in [-0.05, 0) is 49.6 Å². The van der Waals surface area contributed by atoms with Gasteiger partial charge < -0.3 is 15.5 Å². The van der Waals surface area contributed by atoms with Gasteiger partial charge in [0.1, 0.15) is 0 Å². The van der Waals surface area contributed by atoms with Crippen molar-refractivity contribution in [3.05, 3.63) is 42.0 Å². The molecule has 26 heavy (non-hydrogen) atoms. The molecule has 5 heteroatoms. The summed E-state index contributed by atoms with van der Waals surface area (Å²) in [7, 11) is 1.82. The van der Waals surface area contributed by atoms with Crippen molar-refractivity contribution in [3.8, 4) is 11.1 Å². The quantitative estimate of drug-likeness (QED) is 0.774. The summed E-state index contributed by atoms with van der Waals surface area (Å²) in [6.45, 7) is 6.83. The van der Waals surface area contributed by atoms with E-state index in [1.165, 1.54) is 0 Å². The smallest absolute Gasteiger partial charge is 0.236 e. The fourth-order valence-electron chi connectivity index (χ4n) is 3.56. The van der Waals surface area contributed by atoms with E-state index < -0.39 is 5.41 Å². The van der Waals surface area contributed by atoms with Gasteiger partial charge in [0, 0.05) is 24.8 Å². The molecule has 1 aliphatic rings. The number of rotatable bonds is 6. The molecule has 1 heterocycles. The number of benzene rings is 2. The highest BCUT2D eigenvalue weighted by atomic mass is 16.2. The van der Waals surface area contributed by atoms with Crippen LogP contribution in [0.4, 0.5) is 17.1 Å². The largest absolute Gasteiger partial charge is 0.383 e. The Bertz CT molecular complexity index is 858. The molecule has 0 unspecified atom stereocenters. The van der Waals surface area contributed by atoms with Gasteiger partial charge in [-0.3, -0.25) is 9.59 Å². The van der Waals surface area contributed by atoms with E-state index in [0.29, 0.717) is 6.41 Å². The highest BCUT2D eigenvalue weighted by Crippen LogP contribution is 2.44. The number of hydrogen-bond acceptors (Lipinski definition) is 3. The van der Waals surface area contributed by atoms with Crippen LogP contribution in [0.3, 0.4) is 0 Å². The number of anilines is 3. The Morgan fingerprint density at radius 3 is 2.65 bits per heavy atom. The van der Waals surface area contributed by atoms with Crippen LogP contribution in [0.15, 0.2) is 36.4 Å². The standard InChI is InChI=1S/C21H25N3O2/c1-5-11-22-19-15(7-6-8-17(19)23-13-25)14-9-10-18-16(12-14)21(2,3)20(26)24(18)4/h6-10,12-13,22H,5,11H2,1-4H3,(H,23,25). The number of para-hydroxylation sites is 1. The summed E-state index contributed by atoms with van der Waals surface area (Å²) >= 11 is 0. The maximum Gasteiger partial charge on any atom is 0.236 e. The Morgan fingerprint density at radius 1 is 1.19 bits per heavy atom. The van der Waals surface area contributed by atoms with Crippen LogP contribution in [-0.2, 0) is 15.0 Å². The van der Waals surface area contributed by atoms with Crippen molar-refractivity contribution in [2.45, 2.75) is 32.6 Å². The fraction of sp³-hybridized carbons (Fsp3) is 0.333. The van der Waals surface area contributed by atoms with E-state index in [0.717, 1.165) is 46.7 Å². The predicted molar refractivity (Wildman–Crippen MR) is 107 cm³/mol. The number of hydrogen-bond donors (Lipinski definition) is 2. The molecular weight excluding hydrogens is 326 g/mol. The van der Waals surface area contributed by atoms with Gasteiger partial charge in [0.2, 0.25) is 12.3 Å². The molecule has 0 saturated carbocycles. The van der Waals surface area contributed by atoms with Crippen molar-refractivity contribution in [2.24, 2.45) is 0 Å². The number of nitrogens with zero attached hydrogens (tertiary/aromatic N) is 1. The van der Waals surface area contributed by atoms with Gasteiger partial charge in [-0.1, -0.05) is 25.1 Å². The highest BCUT2D eigenvalue weighted by molar-refractivity contribution is 6.08. The zero-order valence-electron chi connectivity index (χ0n) is 15.7. The SMILES string of the molecule is CCCNc1c(NC=O)cccc1-c1ccc2c(c1)C(C)(C)C(=O)N2C. The molecule has 3 rings (SSSR count). The summed E-state index contributed by atoms with van der Waals surface area (Å²) < 4.78 is 0. The number of nitrogens with one attached hydrogen (secondary N) is 2. The van der Waals surface area contributed by atoms with Crippen LogP contribution in [0.25, 0.3) is 11.1 Å². The monoisotopic (exact) mass is 351 g/mol. The van der Waals surface area contributed by atoms with Crippen LogP contribution in [0.1, 0.15) is 32.8 Å². The Labute approximate surface area is 154 Å². The lowest BCUT2D eigenvalue weighted by molar-refractivity contribution is -0.121. The van der Waals surface area contributed by atoms with E-state index in [2.05, 4.69) is 23.6 Å². The third-order valence-electron chi connectivity index (χ3n) is 5.01. The molecule has 0 radical (unpaired) electrons. The lowest BCUT2D eigenvalue weighted by Crippen LogP contribution is -2.33. The van der Waals surface area contributed by atoms with Crippen LogP contribution in [0.5, 0.6) is 0 Å². The first-order valence-electron chi connectivity index (χ1n) is 8.92. The first-order chi connectivity index (χ1) is 12.4. The Balaban J connectivity index is 2.14. The number of amides is 2. The van der Waals surface area contributed by atoms with Crippen LogP contribution in [0.2, 0.25) is 0 Å². The molecule has 136 valence electrons. The van der Waals surface area contributed by atoms with E-state index in [1.807, 2.05) is 51.2 Å². The minimum atomic E-state index is -0.546. The average Bonchev–Trinajstić information content (AvgIpc) is 2.81. The van der Waals surface area contributed by atoms with Crippen molar-refractivity contribution in [3.63, 3.8) is 0 Å². The van der Waals surface area contributed by atoms with E-state index in [-0.39, 0.29) is 5.91 Å². The molecule has 0 bridgehead atoms. The van der Waals surface area contributed by atoms with Crippen LogP contribution in [-0.4, -0.2) is 25.9 Å². The molecule has 1 aliphatic heterocycles. The zero-order chi connectivity index (χ0) is 18.9. The second kappa shape index (κ2) is 6.83. The topological polar surface area (TPSA) is 61.4 Å². The Hall–Kier alpha value is -2.82. The van der Waals surface area contributed by atoms with Gasteiger partial charge in [-0.25, -0.2) is 0 Å². The number of carbonyl (C=O) groups excluding carboxylic acids is 2. The van der Waals surface area contributed by atoms with Crippen LogP contribution < -0.4 is 15.5 Å². The minimum Gasteiger partial charge on any atom is -0.383 e. The van der Waals surface area contributed by atoms with Crippen molar-refractivity contribution >= 4 is 29.4 Å². The maximum absolute atomic E-state index is 12.5. The normalized spacial score (nSPS) is 14.9.